The van der Waals surface area contributed by atoms with Gasteiger partial charge in [0.2, 0.25) is 45.4 Å². The standard InChI is InChI=1S/C24H18O12/c1-31-21-15(27)11-13(25)7-5-10-8(6-9(7)35-19(11)17(29)23(21)33-3)14(26)12-16(28)22(32-2)24(34-4)18(30)20(12)36-10/h5-6,27-30H,1-4H3. The summed E-state index contributed by atoms with van der Waals surface area (Å²) in [7, 11) is 4.86. The first-order valence-electron chi connectivity index (χ1n) is 10.2. The molecule has 0 aliphatic heterocycles. The van der Waals surface area contributed by atoms with Crippen molar-refractivity contribution in [1.82, 2.24) is 0 Å². The Hall–Kier alpha value is -5.00. The second kappa shape index (κ2) is 7.77. The van der Waals surface area contributed by atoms with E-state index in [1.165, 1.54) is 40.6 Å². The molecule has 12 nitrogen and oxygen atoms in total. The number of hydrogen-bond acceptors (Lipinski definition) is 12. The summed E-state index contributed by atoms with van der Waals surface area (Å²) >= 11 is 0. The van der Waals surface area contributed by atoms with Gasteiger partial charge in [-0.15, -0.1) is 0 Å². The van der Waals surface area contributed by atoms with Crippen molar-refractivity contribution in [3.63, 3.8) is 0 Å². The van der Waals surface area contributed by atoms with Crippen molar-refractivity contribution in [2.75, 3.05) is 28.4 Å². The van der Waals surface area contributed by atoms with Crippen molar-refractivity contribution < 1.29 is 48.2 Å². The van der Waals surface area contributed by atoms with Crippen LogP contribution in [0.5, 0.6) is 46.0 Å². The van der Waals surface area contributed by atoms with Gasteiger partial charge in [-0.1, -0.05) is 0 Å². The quantitative estimate of drug-likeness (QED) is 0.210. The number of hydrogen-bond donors (Lipinski definition) is 4. The predicted octanol–water partition coefficient (Wildman–Crippen LogP) is 3.06. The van der Waals surface area contributed by atoms with Gasteiger partial charge in [-0.2, -0.15) is 0 Å². The molecule has 0 amide bonds. The molecule has 3 aromatic carbocycles. The van der Waals surface area contributed by atoms with Crippen LogP contribution in [0.15, 0.2) is 30.6 Å². The van der Waals surface area contributed by atoms with E-state index in [4.69, 9.17) is 27.8 Å². The lowest BCUT2D eigenvalue weighted by molar-refractivity contribution is 0.318. The number of fused-ring (bicyclic) bond motifs is 4. The third kappa shape index (κ3) is 2.75. The molecule has 2 heterocycles. The maximum Gasteiger partial charge on any atom is 0.211 e. The average molecular weight is 498 g/mol. The molecule has 12 heteroatoms. The summed E-state index contributed by atoms with van der Waals surface area (Å²) in [6, 6.07) is 2.36. The average Bonchev–Trinajstić information content (AvgIpc) is 2.87. The molecule has 36 heavy (non-hydrogen) atoms. The van der Waals surface area contributed by atoms with Crippen molar-refractivity contribution >= 4 is 43.9 Å². The molecule has 2 aromatic heterocycles. The van der Waals surface area contributed by atoms with Gasteiger partial charge < -0.3 is 48.2 Å². The van der Waals surface area contributed by atoms with E-state index in [1.54, 1.807) is 0 Å². The largest absolute Gasteiger partial charge is 0.504 e. The van der Waals surface area contributed by atoms with Crippen LogP contribution in [0.1, 0.15) is 0 Å². The number of ether oxygens (including phenoxy) is 4. The first-order chi connectivity index (χ1) is 17.2. The van der Waals surface area contributed by atoms with E-state index in [1.807, 2.05) is 0 Å². The molecule has 0 bridgehead atoms. The molecule has 4 N–H and O–H groups in total. The molecule has 0 aliphatic rings. The van der Waals surface area contributed by atoms with Crippen LogP contribution in [-0.2, 0) is 0 Å². The Labute approximate surface area is 199 Å². The van der Waals surface area contributed by atoms with E-state index in [0.717, 1.165) is 0 Å². The fourth-order valence-corrected chi connectivity index (χ4v) is 4.27. The van der Waals surface area contributed by atoms with Crippen molar-refractivity contribution in [2.45, 2.75) is 0 Å². The molecule has 5 aromatic rings. The molecule has 0 radical (unpaired) electrons. The Morgan fingerprint density at radius 3 is 1.17 bits per heavy atom. The Bertz CT molecular complexity index is 1730. The van der Waals surface area contributed by atoms with Gasteiger partial charge in [0, 0.05) is 0 Å². The summed E-state index contributed by atoms with van der Waals surface area (Å²) in [4.78, 5) is 26.7. The van der Waals surface area contributed by atoms with Crippen LogP contribution in [0.2, 0.25) is 0 Å². The summed E-state index contributed by atoms with van der Waals surface area (Å²) in [5.41, 5.74) is -2.64. The number of rotatable bonds is 4. The molecule has 0 fully saturated rings. The molecule has 0 spiro atoms. The Balaban J connectivity index is 2.00. The smallest absolute Gasteiger partial charge is 0.211 e. The summed E-state index contributed by atoms with van der Waals surface area (Å²) in [6.45, 7) is 0. The minimum absolute atomic E-state index is 0.122. The second-order valence-electron chi connectivity index (χ2n) is 7.64. The topological polar surface area (TPSA) is 178 Å². The fourth-order valence-electron chi connectivity index (χ4n) is 4.27. The lowest BCUT2D eigenvalue weighted by Crippen LogP contribution is -2.07. The van der Waals surface area contributed by atoms with Crippen LogP contribution >= 0.6 is 0 Å². The lowest BCUT2D eigenvalue weighted by atomic mass is 10.1. The number of phenols is 4. The van der Waals surface area contributed by atoms with Crippen molar-refractivity contribution in [3.05, 3.63) is 32.6 Å². The van der Waals surface area contributed by atoms with E-state index in [0.29, 0.717) is 0 Å². The van der Waals surface area contributed by atoms with Crippen molar-refractivity contribution in [3.8, 4) is 46.0 Å². The third-order valence-electron chi connectivity index (χ3n) is 5.90. The molecule has 0 saturated heterocycles. The van der Waals surface area contributed by atoms with Gasteiger partial charge >= 0.3 is 0 Å². The summed E-state index contributed by atoms with van der Waals surface area (Å²) in [5.74, 6) is -3.56. The molecular formula is C24H18O12. The fraction of sp³-hybridized carbons (Fsp3) is 0.167. The SMILES string of the molecule is COc1c(OC)c(O)c2c(=O)c3cc4oc5c(O)c(OC)c(OC)c(O)c5c(=O)c4cc3oc2c1O. The summed E-state index contributed by atoms with van der Waals surface area (Å²) in [6.07, 6.45) is 0. The lowest BCUT2D eigenvalue weighted by Gasteiger charge is -2.14. The van der Waals surface area contributed by atoms with Gasteiger partial charge in [-0.05, 0) is 12.1 Å². The number of phenolic OH excluding ortho intramolecular Hbond substituents is 4. The van der Waals surface area contributed by atoms with Crippen molar-refractivity contribution in [2.24, 2.45) is 0 Å². The highest BCUT2D eigenvalue weighted by atomic mass is 16.5. The van der Waals surface area contributed by atoms with E-state index >= 15 is 0 Å². The van der Waals surface area contributed by atoms with E-state index in [-0.39, 0.29) is 44.9 Å². The van der Waals surface area contributed by atoms with Gasteiger partial charge in [0.1, 0.15) is 21.9 Å². The van der Waals surface area contributed by atoms with Crippen LogP contribution in [-0.4, -0.2) is 48.9 Å². The van der Waals surface area contributed by atoms with Crippen LogP contribution in [0, 0.1) is 0 Å². The van der Waals surface area contributed by atoms with E-state index in [2.05, 4.69) is 0 Å². The zero-order valence-electron chi connectivity index (χ0n) is 19.2. The molecular weight excluding hydrogens is 480 g/mol. The Morgan fingerprint density at radius 2 is 0.861 bits per heavy atom. The van der Waals surface area contributed by atoms with Crippen LogP contribution in [0.3, 0.4) is 0 Å². The van der Waals surface area contributed by atoms with Gasteiger partial charge in [-0.3, -0.25) is 9.59 Å². The highest BCUT2D eigenvalue weighted by Gasteiger charge is 2.28. The second-order valence-corrected chi connectivity index (χ2v) is 7.64. The molecule has 0 atom stereocenters. The summed E-state index contributed by atoms with van der Waals surface area (Å²) < 4.78 is 31.7. The number of aromatic hydroxyl groups is 4. The zero-order valence-corrected chi connectivity index (χ0v) is 19.2. The Morgan fingerprint density at radius 1 is 0.556 bits per heavy atom. The van der Waals surface area contributed by atoms with Crippen LogP contribution in [0.25, 0.3) is 43.9 Å². The van der Waals surface area contributed by atoms with Gasteiger partial charge in [0.25, 0.3) is 0 Å². The first-order valence-corrected chi connectivity index (χ1v) is 10.2. The maximum absolute atomic E-state index is 13.4. The van der Waals surface area contributed by atoms with Gasteiger partial charge in [-0.25, -0.2) is 0 Å². The highest BCUT2D eigenvalue weighted by molar-refractivity contribution is 6.05. The van der Waals surface area contributed by atoms with E-state index in [9.17, 15) is 30.0 Å². The predicted molar refractivity (Wildman–Crippen MR) is 126 cm³/mol. The maximum atomic E-state index is 13.4. The third-order valence-corrected chi connectivity index (χ3v) is 5.90. The highest BCUT2D eigenvalue weighted by Crippen LogP contribution is 2.51. The molecule has 5 rings (SSSR count). The minimum Gasteiger partial charge on any atom is -0.504 e. The van der Waals surface area contributed by atoms with Gasteiger partial charge in [0.05, 0.1) is 39.2 Å². The first kappa shape index (κ1) is 22.8. The molecule has 0 aliphatic carbocycles. The summed E-state index contributed by atoms with van der Waals surface area (Å²) in [5, 5.41) is 41.6. The van der Waals surface area contributed by atoms with Crippen LogP contribution < -0.4 is 29.8 Å². The van der Waals surface area contributed by atoms with Gasteiger partial charge in [0.15, 0.2) is 22.7 Å². The number of benzene rings is 3. The Kier molecular flexibility index (Phi) is 4.91. The van der Waals surface area contributed by atoms with E-state index < -0.39 is 55.8 Å². The molecule has 0 saturated carbocycles. The molecule has 0 unspecified atom stereocenters. The van der Waals surface area contributed by atoms with Crippen molar-refractivity contribution in [1.29, 1.82) is 0 Å². The number of methoxy groups -OCH3 is 4. The normalized spacial score (nSPS) is 11.4. The molecule has 186 valence electrons. The van der Waals surface area contributed by atoms with Crippen LogP contribution in [0.4, 0.5) is 0 Å². The minimum atomic E-state index is -0.774. The monoisotopic (exact) mass is 498 g/mol. The zero-order chi connectivity index (χ0) is 26.0.